The molecule has 1 aliphatic rings. The fourth-order valence-electron chi connectivity index (χ4n) is 0.543. The summed E-state index contributed by atoms with van der Waals surface area (Å²) in [7, 11) is 1.91. The topological polar surface area (TPSA) is 41.3 Å². The SMILES string of the molecule is CN1C=CC(N)N1. The molecule has 3 N–H and O–H groups in total. The zero-order valence-electron chi connectivity index (χ0n) is 4.26. The highest BCUT2D eigenvalue weighted by molar-refractivity contribution is 4.93. The van der Waals surface area contributed by atoms with Crippen molar-refractivity contribution in [2.24, 2.45) is 5.73 Å². The highest BCUT2D eigenvalue weighted by Gasteiger charge is 2.03. The lowest BCUT2D eigenvalue weighted by Crippen LogP contribution is -2.38. The molecule has 0 saturated heterocycles. The minimum atomic E-state index is 0.0185. The van der Waals surface area contributed by atoms with Crippen LogP contribution in [0.4, 0.5) is 0 Å². The lowest BCUT2D eigenvalue weighted by atomic mass is 10.5. The smallest absolute Gasteiger partial charge is 0.0932 e. The third kappa shape index (κ3) is 0.913. The Bertz CT molecular complexity index is 78.9. The standard InChI is InChI=1S/C4H9N3/c1-7-3-2-4(5)6-7/h2-4,6H,5H2,1H3. The molecule has 1 atom stereocenters. The monoisotopic (exact) mass is 99.1 g/mol. The van der Waals surface area contributed by atoms with Crippen molar-refractivity contribution in [3.8, 4) is 0 Å². The second kappa shape index (κ2) is 1.52. The molecule has 0 amide bonds. The number of nitrogens with two attached hydrogens (primary N) is 1. The average molecular weight is 99.1 g/mol. The second-order valence-electron chi connectivity index (χ2n) is 1.61. The summed E-state index contributed by atoms with van der Waals surface area (Å²) in [6.07, 6.45) is 3.80. The Morgan fingerprint density at radius 1 is 1.86 bits per heavy atom. The summed E-state index contributed by atoms with van der Waals surface area (Å²) in [4.78, 5) is 0. The molecule has 0 saturated carbocycles. The molecule has 0 aliphatic carbocycles. The number of nitrogens with one attached hydrogen (secondary N) is 1. The van der Waals surface area contributed by atoms with E-state index in [0.717, 1.165) is 0 Å². The van der Waals surface area contributed by atoms with Gasteiger partial charge in [0.2, 0.25) is 0 Å². The van der Waals surface area contributed by atoms with E-state index in [2.05, 4.69) is 5.43 Å². The first-order chi connectivity index (χ1) is 3.29. The Balaban J connectivity index is 2.42. The Labute approximate surface area is 42.8 Å². The molecule has 1 heterocycles. The highest BCUT2D eigenvalue weighted by atomic mass is 15.5. The fourth-order valence-corrected chi connectivity index (χ4v) is 0.543. The van der Waals surface area contributed by atoms with Crippen molar-refractivity contribution in [1.82, 2.24) is 10.4 Å². The van der Waals surface area contributed by atoms with Gasteiger partial charge in [-0.1, -0.05) is 0 Å². The molecular weight excluding hydrogens is 90.1 g/mol. The van der Waals surface area contributed by atoms with E-state index in [0.29, 0.717) is 0 Å². The third-order valence-electron chi connectivity index (χ3n) is 0.870. The van der Waals surface area contributed by atoms with Gasteiger partial charge in [0, 0.05) is 13.2 Å². The minimum absolute atomic E-state index is 0.0185. The van der Waals surface area contributed by atoms with Gasteiger partial charge < -0.3 is 10.7 Å². The molecule has 0 aromatic carbocycles. The number of hydrazine groups is 1. The Hall–Kier alpha value is -0.540. The van der Waals surface area contributed by atoms with Gasteiger partial charge in [0.05, 0.1) is 6.17 Å². The van der Waals surface area contributed by atoms with Gasteiger partial charge in [-0.2, -0.15) is 0 Å². The van der Waals surface area contributed by atoms with Gasteiger partial charge in [-0.25, -0.2) is 5.43 Å². The van der Waals surface area contributed by atoms with Crippen LogP contribution in [0.25, 0.3) is 0 Å². The maximum absolute atomic E-state index is 5.39. The van der Waals surface area contributed by atoms with Crippen LogP contribution in [-0.2, 0) is 0 Å². The van der Waals surface area contributed by atoms with E-state index in [9.17, 15) is 0 Å². The van der Waals surface area contributed by atoms with Crippen molar-refractivity contribution in [2.75, 3.05) is 7.05 Å². The summed E-state index contributed by atoms with van der Waals surface area (Å²) in [5.41, 5.74) is 8.30. The summed E-state index contributed by atoms with van der Waals surface area (Å²) < 4.78 is 0. The van der Waals surface area contributed by atoms with E-state index in [1.807, 2.05) is 24.3 Å². The molecule has 0 radical (unpaired) electrons. The fraction of sp³-hybridized carbons (Fsp3) is 0.500. The maximum atomic E-state index is 5.39. The van der Waals surface area contributed by atoms with Crippen LogP contribution < -0.4 is 11.2 Å². The van der Waals surface area contributed by atoms with Crippen LogP contribution in [0.1, 0.15) is 0 Å². The molecule has 0 spiro atoms. The van der Waals surface area contributed by atoms with Gasteiger partial charge in [-0.3, -0.25) is 0 Å². The summed E-state index contributed by atoms with van der Waals surface area (Å²) in [5, 5.41) is 1.82. The van der Waals surface area contributed by atoms with Crippen LogP contribution in [0.2, 0.25) is 0 Å². The van der Waals surface area contributed by atoms with Crippen LogP contribution in [0.3, 0.4) is 0 Å². The van der Waals surface area contributed by atoms with Crippen molar-refractivity contribution in [3.05, 3.63) is 12.3 Å². The summed E-state index contributed by atoms with van der Waals surface area (Å²) in [6, 6.07) is 0. The molecule has 0 bridgehead atoms. The van der Waals surface area contributed by atoms with Crippen molar-refractivity contribution in [2.45, 2.75) is 6.17 Å². The van der Waals surface area contributed by atoms with E-state index in [1.54, 1.807) is 0 Å². The molecular formula is C4H9N3. The number of hydrogen-bond donors (Lipinski definition) is 2. The lowest BCUT2D eigenvalue weighted by molar-refractivity contribution is 0.333. The quantitative estimate of drug-likeness (QED) is 0.419. The average Bonchev–Trinajstić information content (AvgIpc) is 1.87. The molecule has 3 heteroatoms. The van der Waals surface area contributed by atoms with E-state index >= 15 is 0 Å². The van der Waals surface area contributed by atoms with E-state index in [-0.39, 0.29) is 6.17 Å². The summed E-state index contributed by atoms with van der Waals surface area (Å²) in [6.45, 7) is 0. The number of rotatable bonds is 0. The molecule has 3 nitrogen and oxygen atoms in total. The number of hydrogen-bond acceptors (Lipinski definition) is 3. The van der Waals surface area contributed by atoms with Crippen LogP contribution in [0, 0.1) is 0 Å². The Morgan fingerprint density at radius 2 is 2.57 bits per heavy atom. The van der Waals surface area contributed by atoms with Gasteiger partial charge in [-0.05, 0) is 6.08 Å². The molecule has 0 aromatic rings. The predicted octanol–water partition coefficient (Wildman–Crippen LogP) is -0.765. The van der Waals surface area contributed by atoms with Crippen molar-refractivity contribution >= 4 is 0 Å². The minimum Gasteiger partial charge on any atom is -0.317 e. The normalized spacial score (nSPS) is 29.4. The van der Waals surface area contributed by atoms with Crippen molar-refractivity contribution in [3.63, 3.8) is 0 Å². The summed E-state index contributed by atoms with van der Waals surface area (Å²) in [5.74, 6) is 0. The predicted molar refractivity (Wildman–Crippen MR) is 28.0 cm³/mol. The van der Waals surface area contributed by atoms with Crippen molar-refractivity contribution < 1.29 is 0 Å². The molecule has 1 aliphatic heterocycles. The summed E-state index contributed by atoms with van der Waals surface area (Å²) >= 11 is 0. The van der Waals surface area contributed by atoms with Gasteiger partial charge in [0.15, 0.2) is 0 Å². The largest absolute Gasteiger partial charge is 0.317 e. The van der Waals surface area contributed by atoms with Crippen LogP contribution in [-0.4, -0.2) is 18.2 Å². The van der Waals surface area contributed by atoms with E-state index in [1.165, 1.54) is 0 Å². The van der Waals surface area contributed by atoms with E-state index < -0.39 is 0 Å². The van der Waals surface area contributed by atoms with Gasteiger partial charge in [-0.15, -0.1) is 0 Å². The molecule has 1 rings (SSSR count). The van der Waals surface area contributed by atoms with E-state index in [4.69, 9.17) is 5.73 Å². The van der Waals surface area contributed by atoms with Crippen LogP contribution in [0.15, 0.2) is 12.3 Å². The van der Waals surface area contributed by atoms with Gasteiger partial charge >= 0.3 is 0 Å². The Kier molecular flexibility index (Phi) is 1.00. The zero-order chi connectivity index (χ0) is 5.28. The molecule has 0 fully saturated rings. The molecule has 1 unspecified atom stereocenters. The first kappa shape index (κ1) is 4.61. The third-order valence-corrected chi connectivity index (χ3v) is 0.870. The maximum Gasteiger partial charge on any atom is 0.0932 e. The van der Waals surface area contributed by atoms with Crippen molar-refractivity contribution in [1.29, 1.82) is 0 Å². The first-order valence-electron chi connectivity index (χ1n) is 2.22. The van der Waals surface area contributed by atoms with Gasteiger partial charge in [0.1, 0.15) is 0 Å². The lowest BCUT2D eigenvalue weighted by Gasteiger charge is -2.09. The second-order valence-corrected chi connectivity index (χ2v) is 1.61. The molecule has 0 aromatic heterocycles. The van der Waals surface area contributed by atoms with Crippen LogP contribution >= 0.6 is 0 Å². The van der Waals surface area contributed by atoms with Crippen LogP contribution in [0.5, 0.6) is 0 Å². The first-order valence-corrected chi connectivity index (χ1v) is 2.22. The Morgan fingerprint density at radius 3 is 2.71 bits per heavy atom. The zero-order valence-corrected chi connectivity index (χ0v) is 4.26. The molecule has 40 valence electrons. The van der Waals surface area contributed by atoms with Gasteiger partial charge in [0.25, 0.3) is 0 Å². The number of nitrogens with zero attached hydrogens (tertiary/aromatic N) is 1. The molecule has 7 heavy (non-hydrogen) atoms. The highest BCUT2D eigenvalue weighted by Crippen LogP contribution is 1.89.